The van der Waals surface area contributed by atoms with Crippen LogP contribution >= 0.6 is 0 Å². The van der Waals surface area contributed by atoms with E-state index in [4.69, 9.17) is 0 Å². The first-order valence-electron chi connectivity index (χ1n) is 5.12. The van der Waals surface area contributed by atoms with Crippen molar-refractivity contribution < 1.29 is 4.48 Å². The summed E-state index contributed by atoms with van der Waals surface area (Å²) in [5.74, 6) is 0. The molecule has 2 rings (SSSR count). The third-order valence-corrected chi connectivity index (χ3v) is 4.00. The van der Waals surface area contributed by atoms with E-state index in [9.17, 15) is 0 Å². The van der Waals surface area contributed by atoms with Crippen molar-refractivity contribution in [2.24, 2.45) is 0 Å². The van der Waals surface area contributed by atoms with Gasteiger partial charge in [0.05, 0.1) is 27.2 Å². The first-order chi connectivity index (χ1) is 5.60. The first-order valence-corrected chi connectivity index (χ1v) is 5.12. The van der Waals surface area contributed by atoms with Crippen LogP contribution in [-0.2, 0) is 0 Å². The number of piperidine rings is 1. The molecular formula is C10H21N2+. The summed E-state index contributed by atoms with van der Waals surface area (Å²) < 4.78 is 1.28. The summed E-state index contributed by atoms with van der Waals surface area (Å²) in [5, 5.41) is 0. The molecule has 2 heteroatoms. The Labute approximate surface area is 75.7 Å². The van der Waals surface area contributed by atoms with Crippen LogP contribution < -0.4 is 0 Å². The van der Waals surface area contributed by atoms with Crippen LogP contribution in [-0.4, -0.2) is 55.7 Å². The largest absolute Gasteiger partial charge is 0.322 e. The van der Waals surface area contributed by atoms with Crippen LogP contribution in [0.5, 0.6) is 0 Å². The molecule has 0 spiro atoms. The average Bonchev–Trinajstić information content (AvgIpc) is 1.92. The minimum absolute atomic E-state index is 0.905. The SMILES string of the molecule is CN1CC2CCCC(C1)[N+]2(C)C. The van der Waals surface area contributed by atoms with Gasteiger partial charge in [0.2, 0.25) is 0 Å². The standard InChI is InChI=1S/C10H21N2/c1-11-7-9-5-4-6-10(8-11)12(9,2)3/h9-10H,4-8H2,1-3H3/q+1. The predicted molar refractivity (Wildman–Crippen MR) is 51.0 cm³/mol. The van der Waals surface area contributed by atoms with Gasteiger partial charge in [0.25, 0.3) is 0 Å². The van der Waals surface area contributed by atoms with Gasteiger partial charge >= 0.3 is 0 Å². The highest BCUT2D eigenvalue weighted by Gasteiger charge is 2.44. The lowest BCUT2D eigenvalue weighted by atomic mass is 9.89. The zero-order valence-corrected chi connectivity index (χ0v) is 8.58. The smallest absolute Gasteiger partial charge is 0.102 e. The maximum atomic E-state index is 2.51. The van der Waals surface area contributed by atoms with Crippen LogP contribution in [0.2, 0.25) is 0 Å². The third kappa shape index (κ3) is 1.17. The van der Waals surface area contributed by atoms with Gasteiger partial charge in [-0.1, -0.05) is 0 Å². The molecular weight excluding hydrogens is 148 g/mol. The lowest BCUT2D eigenvalue weighted by molar-refractivity contribution is -0.948. The van der Waals surface area contributed by atoms with E-state index in [2.05, 4.69) is 26.0 Å². The molecule has 0 radical (unpaired) electrons. The van der Waals surface area contributed by atoms with Gasteiger partial charge in [0, 0.05) is 12.8 Å². The second-order valence-electron chi connectivity index (χ2n) is 5.09. The highest BCUT2D eigenvalue weighted by molar-refractivity contribution is 4.81. The molecule has 2 aliphatic heterocycles. The van der Waals surface area contributed by atoms with E-state index in [1.807, 2.05) is 0 Å². The molecule has 2 saturated heterocycles. The summed E-state index contributed by atoms with van der Waals surface area (Å²) in [6.07, 6.45) is 4.34. The normalized spacial score (nSPS) is 41.2. The molecule has 70 valence electrons. The number of nitrogens with zero attached hydrogens (tertiary/aromatic N) is 2. The molecule has 2 heterocycles. The van der Waals surface area contributed by atoms with E-state index in [-0.39, 0.29) is 0 Å². The van der Waals surface area contributed by atoms with Crippen molar-refractivity contribution in [3.63, 3.8) is 0 Å². The number of piperazine rings is 1. The summed E-state index contributed by atoms with van der Waals surface area (Å²) in [6.45, 7) is 2.62. The molecule has 0 amide bonds. The fraction of sp³-hybridized carbons (Fsp3) is 1.00. The van der Waals surface area contributed by atoms with Gasteiger partial charge < -0.3 is 4.48 Å². The maximum absolute atomic E-state index is 2.51. The maximum Gasteiger partial charge on any atom is 0.102 e. The summed E-state index contributed by atoms with van der Waals surface area (Å²) in [7, 11) is 7.10. The van der Waals surface area contributed by atoms with Gasteiger partial charge in [-0.2, -0.15) is 0 Å². The second-order valence-corrected chi connectivity index (χ2v) is 5.09. The van der Waals surface area contributed by atoms with Crippen LogP contribution in [0, 0.1) is 0 Å². The highest BCUT2D eigenvalue weighted by Crippen LogP contribution is 2.31. The molecule has 0 aromatic heterocycles. The number of likely N-dealkylation sites (N-methyl/N-ethyl adjacent to an activating group) is 2. The fourth-order valence-electron chi connectivity index (χ4n) is 2.95. The van der Waals surface area contributed by atoms with Crippen LogP contribution in [0.1, 0.15) is 19.3 Å². The van der Waals surface area contributed by atoms with Crippen LogP contribution in [0.4, 0.5) is 0 Å². The van der Waals surface area contributed by atoms with E-state index in [1.54, 1.807) is 0 Å². The van der Waals surface area contributed by atoms with Crippen LogP contribution in [0.15, 0.2) is 0 Å². The number of quaternary nitrogens is 1. The summed E-state index contributed by atoms with van der Waals surface area (Å²) in [5.41, 5.74) is 0. The third-order valence-electron chi connectivity index (χ3n) is 4.00. The monoisotopic (exact) mass is 169 g/mol. The van der Waals surface area contributed by atoms with Gasteiger partial charge in [-0.3, -0.25) is 4.90 Å². The Balaban J connectivity index is 2.18. The average molecular weight is 169 g/mol. The van der Waals surface area contributed by atoms with E-state index >= 15 is 0 Å². The van der Waals surface area contributed by atoms with Gasteiger partial charge in [-0.25, -0.2) is 0 Å². The Morgan fingerprint density at radius 1 is 1.08 bits per heavy atom. The number of hydrogen-bond donors (Lipinski definition) is 0. The molecule has 0 N–H and O–H groups in total. The van der Waals surface area contributed by atoms with Crippen molar-refractivity contribution in [1.82, 2.24) is 4.90 Å². The second kappa shape index (κ2) is 2.71. The quantitative estimate of drug-likeness (QED) is 0.488. The number of rotatable bonds is 0. The van der Waals surface area contributed by atoms with Gasteiger partial charge in [0.1, 0.15) is 12.1 Å². The van der Waals surface area contributed by atoms with Crippen molar-refractivity contribution in [1.29, 1.82) is 0 Å². The van der Waals surface area contributed by atoms with Crippen molar-refractivity contribution in [2.75, 3.05) is 34.2 Å². The Hall–Kier alpha value is -0.0800. The van der Waals surface area contributed by atoms with Crippen molar-refractivity contribution >= 4 is 0 Å². The summed E-state index contributed by atoms with van der Waals surface area (Å²) in [6, 6.07) is 1.81. The van der Waals surface area contributed by atoms with Gasteiger partial charge in [-0.15, -0.1) is 0 Å². The molecule has 0 saturated carbocycles. The van der Waals surface area contributed by atoms with Crippen molar-refractivity contribution in [3.05, 3.63) is 0 Å². The molecule has 2 atom stereocenters. The number of likely N-dealkylation sites (tertiary alicyclic amines) is 1. The van der Waals surface area contributed by atoms with E-state index in [0.29, 0.717) is 0 Å². The highest BCUT2D eigenvalue weighted by atomic mass is 15.4. The van der Waals surface area contributed by atoms with Crippen molar-refractivity contribution in [3.8, 4) is 0 Å². The van der Waals surface area contributed by atoms with Crippen LogP contribution in [0.25, 0.3) is 0 Å². The van der Waals surface area contributed by atoms with E-state index in [0.717, 1.165) is 12.1 Å². The fourth-order valence-corrected chi connectivity index (χ4v) is 2.95. The van der Waals surface area contributed by atoms with E-state index in [1.165, 1.54) is 36.8 Å². The van der Waals surface area contributed by atoms with Crippen molar-refractivity contribution in [2.45, 2.75) is 31.3 Å². The van der Waals surface area contributed by atoms with Crippen LogP contribution in [0.3, 0.4) is 0 Å². The minimum atomic E-state index is 0.905. The lowest BCUT2D eigenvalue weighted by Crippen LogP contribution is -2.68. The van der Waals surface area contributed by atoms with Gasteiger partial charge in [-0.05, 0) is 13.5 Å². The Bertz CT molecular complexity index is 161. The van der Waals surface area contributed by atoms with E-state index < -0.39 is 0 Å². The summed E-state index contributed by atoms with van der Waals surface area (Å²) in [4.78, 5) is 2.51. The molecule has 2 fully saturated rings. The zero-order chi connectivity index (χ0) is 8.77. The molecule has 2 aliphatic rings. The Morgan fingerprint density at radius 2 is 1.58 bits per heavy atom. The number of fused-ring (bicyclic) bond motifs is 2. The molecule has 2 nitrogen and oxygen atoms in total. The lowest BCUT2D eigenvalue weighted by Gasteiger charge is -2.53. The molecule has 2 unspecified atom stereocenters. The Morgan fingerprint density at radius 3 is 2.08 bits per heavy atom. The molecule has 2 bridgehead atoms. The minimum Gasteiger partial charge on any atom is -0.322 e. The molecule has 0 aliphatic carbocycles. The predicted octanol–water partition coefficient (Wildman–Crippen LogP) is 0.929. The summed E-state index contributed by atoms with van der Waals surface area (Å²) >= 11 is 0. The molecule has 0 aromatic rings. The number of hydrogen-bond acceptors (Lipinski definition) is 1. The molecule has 0 aromatic carbocycles. The Kier molecular flexibility index (Phi) is 1.92. The molecule has 12 heavy (non-hydrogen) atoms. The first kappa shape index (κ1) is 8.52. The van der Waals surface area contributed by atoms with Gasteiger partial charge in [0.15, 0.2) is 0 Å². The topological polar surface area (TPSA) is 3.24 Å². The zero-order valence-electron chi connectivity index (χ0n) is 8.58.